The number of carbonyl (C=O) groups is 1. The summed E-state index contributed by atoms with van der Waals surface area (Å²) < 4.78 is 10.2. The van der Waals surface area contributed by atoms with E-state index in [2.05, 4.69) is 20.4 Å². The Balaban J connectivity index is 0.00000288. The number of rotatable bonds is 7. The second kappa shape index (κ2) is 11.0. The molecule has 140 valence electrons. The zero-order valence-electron chi connectivity index (χ0n) is 14.2. The fraction of sp³-hybridized carbons (Fsp3) is 0.467. The Morgan fingerprint density at radius 3 is 2.52 bits per heavy atom. The van der Waals surface area contributed by atoms with Crippen LogP contribution in [0.5, 0.6) is 0 Å². The highest BCUT2D eigenvalue weighted by atomic mass is 35.5. The molecule has 10 heteroatoms. The summed E-state index contributed by atoms with van der Waals surface area (Å²) in [5.41, 5.74) is 6.53. The summed E-state index contributed by atoms with van der Waals surface area (Å²) in [5.74, 6) is 0.516. The molecule has 2 rings (SSSR count). The molecule has 8 nitrogen and oxygen atoms in total. The molecule has 1 amide bonds. The largest absolute Gasteiger partial charge is 0.383 e. The van der Waals surface area contributed by atoms with Gasteiger partial charge in [0.2, 0.25) is 17.6 Å². The zero-order chi connectivity index (χ0) is 16.8. The van der Waals surface area contributed by atoms with Gasteiger partial charge in [0.25, 0.3) is 0 Å². The SMILES string of the molecule is COCC(N)C(=O)NC(c1nc(-c2ccncc2)no1)C(C)C.Cl.Cl. The van der Waals surface area contributed by atoms with Crippen molar-refractivity contribution < 1.29 is 14.1 Å². The number of nitrogens with one attached hydrogen (secondary N) is 1. The van der Waals surface area contributed by atoms with Crippen LogP contribution in [-0.2, 0) is 9.53 Å². The van der Waals surface area contributed by atoms with E-state index in [1.165, 1.54) is 7.11 Å². The van der Waals surface area contributed by atoms with Crippen LogP contribution < -0.4 is 11.1 Å². The first-order valence-corrected chi connectivity index (χ1v) is 7.31. The first kappa shape index (κ1) is 23.3. The molecule has 2 atom stereocenters. The summed E-state index contributed by atoms with van der Waals surface area (Å²) in [4.78, 5) is 20.4. The van der Waals surface area contributed by atoms with E-state index in [0.29, 0.717) is 11.7 Å². The number of ether oxygens (including phenoxy) is 1. The average molecular weight is 392 g/mol. The number of halogens is 2. The van der Waals surface area contributed by atoms with Gasteiger partial charge in [-0.3, -0.25) is 9.78 Å². The molecule has 0 aliphatic rings. The molecule has 0 radical (unpaired) electrons. The molecule has 0 aromatic carbocycles. The summed E-state index contributed by atoms with van der Waals surface area (Å²) in [7, 11) is 1.49. The minimum atomic E-state index is -0.746. The van der Waals surface area contributed by atoms with Crippen molar-refractivity contribution in [3.63, 3.8) is 0 Å². The van der Waals surface area contributed by atoms with Crippen LogP contribution in [0.2, 0.25) is 0 Å². The van der Waals surface area contributed by atoms with Gasteiger partial charge in [0.1, 0.15) is 12.1 Å². The maximum absolute atomic E-state index is 12.1. The van der Waals surface area contributed by atoms with Crippen molar-refractivity contribution in [2.24, 2.45) is 11.7 Å². The van der Waals surface area contributed by atoms with Crippen LogP contribution in [0.25, 0.3) is 11.4 Å². The molecule has 0 bridgehead atoms. The lowest BCUT2D eigenvalue weighted by Gasteiger charge is -2.20. The van der Waals surface area contributed by atoms with Crippen molar-refractivity contribution in [1.82, 2.24) is 20.4 Å². The second-order valence-electron chi connectivity index (χ2n) is 5.48. The van der Waals surface area contributed by atoms with E-state index in [1.807, 2.05) is 13.8 Å². The maximum Gasteiger partial charge on any atom is 0.249 e. The minimum Gasteiger partial charge on any atom is -0.383 e. The molecule has 25 heavy (non-hydrogen) atoms. The normalized spacial score (nSPS) is 12.7. The molecule has 2 aromatic rings. The van der Waals surface area contributed by atoms with E-state index in [1.54, 1.807) is 24.5 Å². The number of aromatic nitrogens is 3. The standard InChI is InChI=1S/C15H21N5O3.2ClH/c1-9(2)12(18-14(21)11(16)8-22-3)15-19-13(20-23-15)10-4-6-17-7-5-10;;/h4-7,9,11-12H,8,16H2,1-3H3,(H,18,21);2*1H. The highest BCUT2D eigenvalue weighted by Gasteiger charge is 2.26. The molecular weight excluding hydrogens is 369 g/mol. The third-order valence-corrected chi connectivity index (χ3v) is 3.29. The Bertz CT molecular complexity index is 639. The summed E-state index contributed by atoms with van der Waals surface area (Å²) in [5, 5.41) is 6.79. The van der Waals surface area contributed by atoms with Gasteiger partial charge in [-0.2, -0.15) is 4.98 Å². The number of nitrogens with zero attached hydrogens (tertiary/aromatic N) is 3. The molecule has 3 N–H and O–H groups in total. The van der Waals surface area contributed by atoms with Gasteiger partial charge in [-0.25, -0.2) is 0 Å². The lowest BCUT2D eigenvalue weighted by atomic mass is 10.0. The first-order chi connectivity index (χ1) is 11.0. The van der Waals surface area contributed by atoms with Crippen LogP contribution in [0.3, 0.4) is 0 Å². The van der Waals surface area contributed by atoms with Gasteiger partial charge in [0.15, 0.2) is 0 Å². The minimum absolute atomic E-state index is 0. The Kier molecular flexibility index (Phi) is 10.2. The molecule has 0 aliphatic heterocycles. The Morgan fingerprint density at radius 1 is 1.32 bits per heavy atom. The molecule has 0 saturated heterocycles. The van der Waals surface area contributed by atoms with Crippen molar-refractivity contribution in [3.8, 4) is 11.4 Å². The van der Waals surface area contributed by atoms with Crippen LogP contribution in [0.1, 0.15) is 25.8 Å². The third kappa shape index (κ3) is 6.24. The monoisotopic (exact) mass is 391 g/mol. The van der Waals surface area contributed by atoms with Crippen molar-refractivity contribution in [2.45, 2.75) is 25.9 Å². The van der Waals surface area contributed by atoms with Gasteiger partial charge in [0.05, 0.1) is 6.61 Å². The molecule has 2 aromatic heterocycles. The molecule has 0 fully saturated rings. The van der Waals surface area contributed by atoms with Gasteiger partial charge in [-0.05, 0) is 18.1 Å². The van der Waals surface area contributed by atoms with Gasteiger partial charge in [-0.15, -0.1) is 24.8 Å². The third-order valence-electron chi connectivity index (χ3n) is 3.29. The number of carbonyl (C=O) groups excluding carboxylic acids is 1. The number of pyridine rings is 1. The average Bonchev–Trinajstić information content (AvgIpc) is 3.02. The highest BCUT2D eigenvalue weighted by Crippen LogP contribution is 2.23. The fourth-order valence-corrected chi connectivity index (χ4v) is 2.01. The lowest BCUT2D eigenvalue weighted by molar-refractivity contribution is -0.124. The molecular formula is C15H23Cl2N5O3. The number of methoxy groups -OCH3 is 1. The van der Waals surface area contributed by atoms with E-state index in [4.69, 9.17) is 15.0 Å². The van der Waals surface area contributed by atoms with E-state index in [-0.39, 0.29) is 43.2 Å². The number of amides is 1. The van der Waals surface area contributed by atoms with Crippen molar-refractivity contribution in [2.75, 3.05) is 13.7 Å². The summed E-state index contributed by atoms with van der Waals surface area (Å²) in [6, 6.07) is 2.40. The Labute approximate surface area is 158 Å². The van der Waals surface area contributed by atoms with Crippen molar-refractivity contribution in [3.05, 3.63) is 30.4 Å². The Morgan fingerprint density at radius 2 is 1.96 bits per heavy atom. The predicted molar refractivity (Wildman–Crippen MR) is 97.6 cm³/mol. The number of hydrogen-bond acceptors (Lipinski definition) is 7. The quantitative estimate of drug-likeness (QED) is 0.738. The van der Waals surface area contributed by atoms with Gasteiger partial charge >= 0.3 is 0 Å². The van der Waals surface area contributed by atoms with Gasteiger partial charge in [-0.1, -0.05) is 19.0 Å². The number of nitrogens with two attached hydrogens (primary N) is 1. The molecule has 2 heterocycles. The Hall–Kier alpha value is -1.74. The smallest absolute Gasteiger partial charge is 0.249 e. The summed E-state index contributed by atoms with van der Waals surface area (Å²) >= 11 is 0. The molecule has 0 aliphatic carbocycles. The van der Waals surface area contributed by atoms with Crippen LogP contribution in [0, 0.1) is 5.92 Å². The molecule has 0 spiro atoms. The van der Waals surface area contributed by atoms with Crippen molar-refractivity contribution >= 4 is 30.7 Å². The van der Waals surface area contributed by atoms with E-state index in [9.17, 15) is 4.79 Å². The highest BCUT2D eigenvalue weighted by molar-refractivity contribution is 5.85. The van der Waals surface area contributed by atoms with Crippen LogP contribution >= 0.6 is 24.8 Å². The molecule has 2 unspecified atom stereocenters. The van der Waals surface area contributed by atoms with Crippen LogP contribution in [0.15, 0.2) is 29.0 Å². The van der Waals surface area contributed by atoms with Crippen LogP contribution in [0.4, 0.5) is 0 Å². The van der Waals surface area contributed by atoms with E-state index < -0.39 is 12.1 Å². The van der Waals surface area contributed by atoms with Gasteiger partial charge in [0, 0.05) is 25.1 Å². The number of hydrogen-bond donors (Lipinski definition) is 2. The summed E-state index contributed by atoms with van der Waals surface area (Å²) in [6.45, 7) is 4.04. The van der Waals surface area contributed by atoms with E-state index in [0.717, 1.165) is 5.56 Å². The van der Waals surface area contributed by atoms with Crippen molar-refractivity contribution in [1.29, 1.82) is 0 Å². The topological polar surface area (TPSA) is 116 Å². The first-order valence-electron chi connectivity index (χ1n) is 7.31. The van der Waals surface area contributed by atoms with Gasteiger partial charge < -0.3 is 20.3 Å². The lowest BCUT2D eigenvalue weighted by Crippen LogP contribution is -2.45. The zero-order valence-corrected chi connectivity index (χ0v) is 15.8. The molecule has 0 saturated carbocycles. The fourth-order valence-electron chi connectivity index (χ4n) is 2.01. The van der Waals surface area contributed by atoms with E-state index >= 15 is 0 Å². The predicted octanol–water partition coefficient (Wildman–Crippen LogP) is 1.76. The second-order valence-corrected chi connectivity index (χ2v) is 5.48. The summed E-state index contributed by atoms with van der Waals surface area (Å²) in [6.07, 6.45) is 3.30. The van der Waals surface area contributed by atoms with Crippen LogP contribution in [-0.4, -0.2) is 40.8 Å². The maximum atomic E-state index is 12.1.